The van der Waals surface area contributed by atoms with Gasteiger partial charge in [0.25, 0.3) is 5.91 Å². The summed E-state index contributed by atoms with van der Waals surface area (Å²) < 4.78 is 22.9. The molecule has 1 amide bonds. The van der Waals surface area contributed by atoms with Crippen LogP contribution in [0.4, 0.5) is 0 Å². The monoisotopic (exact) mass is 457 g/mol. The molecule has 0 saturated carbocycles. The van der Waals surface area contributed by atoms with Crippen molar-refractivity contribution in [3.8, 4) is 28.7 Å². The van der Waals surface area contributed by atoms with E-state index >= 15 is 0 Å². The first-order valence-electron chi connectivity index (χ1n) is 11.2. The summed E-state index contributed by atoms with van der Waals surface area (Å²) in [5.41, 5.74) is 7.13. The molecule has 1 fully saturated rings. The summed E-state index contributed by atoms with van der Waals surface area (Å²) in [5, 5.41) is 0. The molecule has 180 valence electrons. The summed E-state index contributed by atoms with van der Waals surface area (Å²) in [6.07, 6.45) is 2.64. The van der Waals surface area contributed by atoms with Crippen LogP contribution in [0.2, 0.25) is 0 Å². The lowest BCUT2D eigenvalue weighted by molar-refractivity contribution is 0.0655. The number of nitrogens with two attached hydrogens (primary N) is 1. The molecule has 1 aliphatic rings. The van der Waals surface area contributed by atoms with Gasteiger partial charge in [0.15, 0.2) is 11.5 Å². The second kappa shape index (κ2) is 11.2. The minimum Gasteiger partial charge on any atom is -0.492 e. The van der Waals surface area contributed by atoms with Gasteiger partial charge >= 0.3 is 0 Å². The van der Waals surface area contributed by atoms with E-state index in [9.17, 15) is 4.79 Å². The standard InChI is InChI=1S/C25H35N3O5/c1-27-14-11-18(12-15-27)28(2)25(29)20-16-21(23(31-4)24(32-5)22(20)30-3)33-19-8-6-17(7-9-19)10-13-26/h6-9,16,18H,10-15,26H2,1-5H3. The van der Waals surface area contributed by atoms with Crippen molar-refractivity contribution >= 4 is 5.91 Å². The number of carbonyl (C=O) groups is 1. The number of nitrogens with zero attached hydrogens (tertiary/aromatic N) is 2. The number of amides is 1. The fourth-order valence-corrected chi connectivity index (χ4v) is 4.17. The van der Waals surface area contributed by atoms with Crippen molar-refractivity contribution in [1.82, 2.24) is 9.80 Å². The number of hydrogen-bond acceptors (Lipinski definition) is 7. The molecule has 0 radical (unpaired) electrons. The molecular formula is C25H35N3O5. The van der Waals surface area contributed by atoms with Crippen LogP contribution >= 0.6 is 0 Å². The Bertz CT molecular complexity index is 940. The maximum Gasteiger partial charge on any atom is 0.257 e. The Morgan fingerprint density at radius 3 is 2.18 bits per heavy atom. The van der Waals surface area contributed by atoms with Crippen molar-refractivity contribution in [1.29, 1.82) is 0 Å². The Labute approximate surface area is 196 Å². The molecule has 8 nitrogen and oxygen atoms in total. The van der Waals surface area contributed by atoms with Crippen LogP contribution in [0.5, 0.6) is 28.7 Å². The van der Waals surface area contributed by atoms with Gasteiger partial charge in [-0.3, -0.25) is 4.79 Å². The minimum atomic E-state index is -0.148. The molecule has 0 bridgehead atoms. The van der Waals surface area contributed by atoms with Gasteiger partial charge in [-0.05, 0) is 63.6 Å². The van der Waals surface area contributed by atoms with Gasteiger partial charge in [0.05, 0.1) is 26.9 Å². The first kappa shape index (κ1) is 24.7. The van der Waals surface area contributed by atoms with Gasteiger partial charge in [-0.1, -0.05) is 12.1 Å². The summed E-state index contributed by atoms with van der Waals surface area (Å²) in [4.78, 5) is 17.6. The van der Waals surface area contributed by atoms with Crippen LogP contribution in [-0.4, -0.2) is 76.8 Å². The fraction of sp³-hybridized carbons (Fsp3) is 0.480. The van der Waals surface area contributed by atoms with E-state index in [0.29, 0.717) is 40.9 Å². The SMILES string of the molecule is COc1c(Oc2ccc(CCN)cc2)cc(C(=O)N(C)C2CCN(C)CC2)c(OC)c1OC. The Morgan fingerprint density at radius 2 is 1.64 bits per heavy atom. The number of likely N-dealkylation sites (tertiary alicyclic amines) is 1. The molecule has 0 aromatic heterocycles. The number of hydrogen-bond donors (Lipinski definition) is 1. The Kier molecular flexibility index (Phi) is 8.41. The van der Waals surface area contributed by atoms with Crippen LogP contribution < -0.4 is 24.7 Å². The molecule has 3 rings (SSSR count). The zero-order valence-electron chi connectivity index (χ0n) is 20.2. The van der Waals surface area contributed by atoms with E-state index in [-0.39, 0.29) is 11.9 Å². The van der Waals surface area contributed by atoms with Gasteiger partial charge in [0.2, 0.25) is 11.5 Å². The van der Waals surface area contributed by atoms with E-state index in [1.54, 1.807) is 11.0 Å². The van der Waals surface area contributed by atoms with E-state index < -0.39 is 0 Å². The Balaban J connectivity index is 1.98. The van der Waals surface area contributed by atoms with Gasteiger partial charge in [-0.2, -0.15) is 0 Å². The molecule has 8 heteroatoms. The maximum atomic E-state index is 13.6. The van der Waals surface area contributed by atoms with Crippen LogP contribution in [0.3, 0.4) is 0 Å². The predicted octanol–water partition coefficient (Wildman–Crippen LogP) is 3.17. The maximum absolute atomic E-state index is 13.6. The molecule has 0 spiro atoms. The third kappa shape index (κ3) is 5.51. The van der Waals surface area contributed by atoms with E-state index in [2.05, 4.69) is 11.9 Å². The van der Waals surface area contributed by atoms with Gasteiger partial charge in [-0.25, -0.2) is 0 Å². The molecule has 0 aliphatic carbocycles. The Hall–Kier alpha value is -2.97. The van der Waals surface area contributed by atoms with Gasteiger partial charge in [0.1, 0.15) is 5.75 Å². The highest BCUT2D eigenvalue weighted by Gasteiger charge is 2.31. The third-order valence-corrected chi connectivity index (χ3v) is 6.14. The summed E-state index contributed by atoms with van der Waals surface area (Å²) in [6, 6.07) is 9.50. The highest BCUT2D eigenvalue weighted by Crippen LogP contribution is 2.48. The average Bonchev–Trinajstić information content (AvgIpc) is 2.84. The smallest absolute Gasteiger partial charge is 0.257 e. The van der Waals surface area contributed by atoms with Crippen molar-refractivity contribution in [2.45, 2.75) is 25.3 Å². The van der Waals surface area contributed by atoms with Crippen LogP contribution in [0.25, 0.3) is 0 Å². The molecule has 1 saturated heterocycles. The first-order chi connectivity index (χ1) is 15.9. The highest BCUT2D eigenvalue weighted by atomic mass is 16.5. The van der Waals surface area contributed by atoms with E-state index in [1.165, 1.54) is 21.3 Å². The summed E-state index contributed by atoms with van der Waals surface area (Å²) in [5.74, 6) is 1.84. The minimum absolute atomic E-state index is 0.148. The topological polar surface area (TPSA) is 86.5 Å². The van der Waals surface area contributed by atoms with Crippen LogP contribution in [0.1, 0.15) is 28.8 Å². The molecule has 2 aromatic rings. The quantitative estimate of drug-likeness (QED) is 0.619. The summed E-state index contributed by atoms with van der Waals surface area (Å²) in [6.45, 7) is 2.50. The van der Waals surface area contributed by atoms with Crippen LogP contribution in [-0.2, 0) is 6.42 Å². The second-order valence-corrected chi connectivity index (χ2v) is 8.26. The van der Waals surface area contributed by atoms with E-state index in [0.717, 1.165) is 37.9 Å². The number of ether oxygens (including phenoxy) is 4. The largest absolute Gasteiger partial charge is 0.492 e. The lowest BCUT2D eigenvalue weighted by Gasteiger charge is -2.35. The second-order valence-electron chi connectivity index (χ2n) is 8.26. The van der Waals surface area contributed by atoms with Crippen molar-refractivity contribution in [3.05, 3.63) is 41.5 Å². The molecule has 1 aliphatic heterocycles. The number of benzene rings is 2. The highest BCUT2D eigenvalue weighted by molar-refractivity contribution is 5.99. The van der Waals surface area contributed by atoms with Gasteiger partial charge < -0.3 is 34.5 Å². The zero-order valence-corrected chi connectivity index (χ0v) is 20.2. The van der Waals surface area contributed by atoms with Crippen molar-refractivity contribution in [2.75, 3.05) is 55.1 Å². The molecule has 0 atom stereocenters. The summed E-state index contributed by atoms with van der Waals surface area (Å²) >= 11 is 0. The molecule has 2 aromatic carbocycles. The average molecular weight is 458 g/mol. The third-order valence-electron chi connectivity index (χ3n) is 6.14. The van der Waals surface area contributed by atoms with E-state index in [4.69, 9.17) is 24.7 Å². The van der Waals surface area contributed by atoms with Crippen LogP contribution in [0, 0.1) is 0 Å². The van der Waals surface area contributed by atoms with E-state index in [1.807, 2.05) is 31.3 Å². The van der Waals surface area contributed by atoms with Crippen molar-refractivity contribution < 1.29 is 23.7 Å². The number of piperidine rings is 1. The number of rotatable bonds is 9. The molecule has 0 unspecified atom stereocenters. The molecule has 2 N–H and O–H groups in total. The summed E-state index contributed by atoms with van der Waals surface area (Å²) in [7, 11) is 8.49. The molecular weight excluding hydrogens is 422 g/mol. The zero-order chi connectivity index (χ0) is 24.0. The normalized spacial score (nSPS) is 14.6. The number of carbonyl (C=O) groups excluding carboxylic acids is 1. The lowest BCUT2D eigenvalue weighted by atomic mass is 10.0. The Morgan fingerprint density at radius 1 is 1.03 bits per heavy atom. The van der Waals surface area contributed by atoms with Gasteiger partial charge in [-0.15, -0.1) is 0 Å². The molecule has 1 heterocycles. The van der Waals surface area contributed by atoms with Gasteiger partial charge in [0, 0.05) is 19.2 Å². The van der Waals surface area contributed by atoms with Crippen molar-refractivity contribution in [2.24, 2.45) is 5.73 Å². The number of methoxy groups -OCH3 is 3. The first-order valence-corrected chi connectivity index (χ1v) is 11.2. The lowest BCUT2D eigenvalue weighted by Crippen LogP contribution is -2.44. The molecule has 33 heavy (non-hydrogen) atoms. The fourth-order valence-electron chi connectivity index (χ4n) is 4.17. The van der Waals surface area contributed by atoms with Crippen molar-refractivity contribution in [3.63, 3.8) is 0 Å². The predicted molar refractivity (Wildman–Crippen MR) is 128 cm³/mol. The van der Waals surface area contributed by atoms with Crippen LogP contribution in [0.15, 0.2) is 30.3 Å².